The highest BCUT2D eigenvalue weighted by Gasteiger charge is 2.14. The normalized spacial score (nSPS) is 10.2. The van der Waals surface area contributed by atoms with Gasteiger partial charge >= 0.3 is 5.97 Å². The van der Waals surface area contributed by atoms with Crippen molar-refractivity contribution in [1.82, 2.24) is 0 Å². The Balaban J connectivity index is 2.16. The molecule has 0 fully saturated rings. The Kier molecular flexibility index (Phi) is 3.70. The van der Waals surface area contributed by atoms with Crippen molar-refractivity contribution in [3.63, 3.8) is 0 Å². The van der Waals surface area contributed by atoms with Gasteiger partial charge in [-0.15, -0.1) is 0 Å². The van der Waals surface area contributed by atoms with Crippen molar-refractivity contribution >= 4 is 11.7 Å². The van der Waals surface area contributed by atoms with E-state index in [4.69, 9.17) is 14.3 Å². The largest absolute Gasteiger partial charge is 0.495 e. The second kappa shape index (κ2) is 5.43. The van der Waals surface area contributed by atoms with Gasteiger partial charge in [0.15, 0.2) is 0 Å². The highest BCUT2D eigenvalue weighted by atomic mass is 19.1. The van der Waals surface area contributed by atoms with E-state index in [0.29, 0.717) is 17.0 Å². The van der Waals surface area contributed by atoms with Crippen molar-refractivity contribution in [3.05, 3.63) is 47.7 Å². The van der Waals surface area contributed by atoms with E-state index in [1.807, 2.05) is 0 Å². The molecular formula is C13H12FNO4. The molecule has 6 heteroatoms. The zero-order valence-corrected chi connectivity index (χ0v) is 10.1. The average molecular weight is 265 g/mol. The van der Waals surface area contributed by atoms with E-state index < -0.39 is 11.8 Å². The minimum Gasteiger partial charge on any atom is -0.495 e. The summed E-state index contributed by atoms with van der Waals surface area (Å²) in [5.41, 5.74) is 0.916. The van der Waals surface area contributed by atoms with Crippen LogP contribution in [0.4, 0.5) is 10.1 Å². The maximum Gasteiger partial charge on any atom is 0.372 e. The number of methoxy groups -OCH3 is 1. The molecule has 0 aliphatic carbocycles. The van der Waals surface area contributed by atoms with Gasteiger partial charge in [-0.25, -0.2) is 9.18 Å². The van der Waals surface area contributed by atoms with E-state index >= 15 is 0 Å². The van der Waals surface area contributed by atoms with Crippen molar-refractivity contribution < 1.29 is 23.4 Å². The van der Waals surface area contributed by atoms with Crippen LogP contribution in [-0.4, -0.2) is 18.2 Å². The minimum absolute atomic E-state index is 0.136. The lowest BCUT2D eigenvalue weighted by Crippen LogP contribution is -2.05. The quantitative estimate of drug-likeness (QED) is 0.869. The van der Waals surface area contributed by atoms with Gasteiger partial charge in [-0.05, 0) is 18.2 Å². The molecule has 0 amide bonds. The van der Waals surface area contributed by atoms with Gasteiger partial charge in [-0.3, -0.25) is 0 Å². The SMILES string of the molecule is COc1ccc(F)cc1NCc1ccoc1C(=O)O. The first-order valence-corrected chi connectivity index (χ1v) is 5.49. The Morgan fingerprint density at radius 1 is 1.47 bits per heavy atom. The van der Waals surface area contributed by atoms with E-state index in [1.165, 1.54) is 31.6 Å². The predicted octanol–water partition coefficient (Wildman–Crippen LogP) is 2.74. The van der Waals surface area contributed by atoms with Crippen molar-refractivity contribution in [2.45, 2.75) is 6.54 Å². The minimum atomic E-state index is -1.15. The molecule has 2 aromatic rings. The Morgan fingerprint density at radius 3 is 2.95 bits per heavy atom. The molecule has 0 aliphatic heterocycles. The second-order valence-electron chi connectivity index (χ2n) is 3.78. The number of carbonyl (C=O) groups is 1. The number of aromatic carboxylic acids is 1. The number of furan rings is 1. The summed E-state index contributed by atoms with van der Waals surface area (Å²) in [6, 6.07) is 5.59. The molecule has 0 spiro atoms. The van der Waals surface area contributed by atoms with Crippen LogP contribution < -0.4 is 10.1 Å². The first-order chi connectivity index (χ1) is 9.11. The maximum atomic E-state index is 13.1. The number of anilines is 1. The van der Waals surface area contributed by atoms with Crippen LogP contribution in [0, 0.1) is 5.82 Å². The number of carboxylic acids is 1. The van der Waals surface area contributed by atoms with Crippen molar-refractivity contribution in [3.8, 4) is 5.75 Å². The van der Waals surface area contributed by atoms with Crippen LogP contribution in [0.1, 0.15) is 16.1 Å². The molecule has 0 bridgehead atoms. The molecule has 1 aromatic heterocycles. The summed E-state index contributed by atoms with van der Waals surface area (Å²) in [7, 11) is 1.47. The number of hydrogen-bond donors (Lipinski definition) is 2. The number of rotatable bonds is 5. The van der Waals surface area contributed by atoms with Gasteiger partial charge in [0.2, 0.25) is 5.76 Å². The number of benzene rings is 1. The second-order valence-corrected chi connectivity index (χ2v) is 3.78. The fourth-order valence-electron chi connectivity index (χ4n) is 1.67. The molecule has 0 unspecified atom stereocenters. The number of nitrogens with one attached hydrogen (secondary N) is 1. The molecule has 2 N–H and O–H groups in total. The Morgan fingerprint density at radius 2 is 2.26 bits per heavy atom. The standard InChI is InChI=1S/C13H12FNO4/c1-18-11-3-2-9(14)6-10(11)15-7-8-4-5-19-12(8)13(16)17/h2-6,15H,7H2,1H3,(H,16,17). The van der Waals surface area contributed by atoms with E-state index in [9.17, 15) is 9.18 Å². The fourth-order valence-corrected chi connectivity index (χ4v) is 1.67. The summed E-state index contributed by atoms with van der Waals surface area (Å²) >= 11 is 0. The van der Waals surface area contributed by atoms with Crippen LogP contribution in [0.3, 0.4) is 0 Å². The molecule has 1 aromatic carbocycles. The third-order valence-electron chi connectivity index (χ3n) is 2.57. The van der Waals surface area contributed by atoms with E-state index in [1.54, 1.807) is 6.07 Å². The molecule has 1 heterocycles. The number of halogens is 1. The number of carboxylic acid groups (broad SMARTS) is 1. The highest BCUT2D eigenvalue weighted by Crippen LogP contribution is 2.25. The average Bonchev–Trinajstić information content (AvgIpc) is 2.85. The molecule has 0 saturated heterocycles. The van der Waals surface area contributed by atoms with Crippen LogP contribution in [0.15, 0.2) is 34.9 Å². The van der Waals surface area contributed by atoms with Gasteiger partial charge in [0.25, 0.3) is 0 Å². The zero-order valence-electron chi connectivity index (χ0n) is 10.1. The molecule has 0 saturated carbocycles. The summed E-state index contributed by atoms with van der Waals surface area (Å²) in [6.45, 7) is 0.192. The molecule has 19 heavy (non-hydrogen) atoms. The van der Waals surface area contributed by atoms with E-state index in [-0.39, 0.29) is 12.3 Å². The summed E-state index contributed by atoms with van der Waals surface area (Å²) in [4.78, 5) is 10.9. The third kappa shape index (κ3) is 2.85. The van der Waals surface area contributed by atoms with Crippen LogP contribution in [0.25, 0.3) is 0 Å². The lowest BCUT2D eigenvalue weighted by atomic mass is 10.2. The highest BCUT2D eigenvalue weighted by molar-refractivity contribution is 5.86. The zero-order chi connectivity index (χ0) is 13.8. The predicted molar refractivity (Wildman–Crippen MR) is 65.9 cm³/mol. The smallest absolute Gasteiger partial charge is 0.372 e. The Bertz CT molecular complexity index is 594. The molecule has 0 atom stereocenters. The van der Waals surface area contributed by atoms with Crippen molar-refractivity contribution in [1.29, 1.82) is 0 Å². The molecule has 0 aliphatic rings. The van der Waals surface area contributed by atoms with Crippen molar-refractivity contribution in [2.24, 2.45) is 0 Å². The fraction of sp³-hybridized carbons (Fsp3) is 0.154. The van der Waals surface area contributed by atoms with Crippen LogP contribution in [-0.2, 0) is 6.54 Å². The van der Waals surface area contributed by atoms with Gasteiger partial charge in [0.1, 0.15) is 11.6 Å². The van der Waals surface area contributed by atoms with Gasteiger partial charge in [0.05, 0.1) is 19.1 Å². The third-order valence-corrected chi connectivity index (χ3v) is 2.57. The molecular weight excluding hydrogens is 253 g/mol. The van der Waals surface area contributed by atoms with Crippen LogP contribution in [0.5, 0.6) is 5.75 Å². The lowest BCUT2D eigenvalue weighted by Gasteiger charge is -2.10. The van der Waals surface area contributed by atoms with Gasteiger partial charge in [0, 0.05) is 18.2 Å². The summed E-state index contributed by atoms with van der Waals surface area (Å²) in [5.74, 6) is -1.22. The topological polar surface area (TPSA) is 71.7 Å². The van der Waals surface area contributed by atoms with Gasteiger partial charge < -0.3 is 19.6 Å². The van der Waals surface area contributed by atoms with Crippen molar-refractivity contribution in [2.75, 3.05) is 12.4 Å². The van der Waals surface area contributed by atoms with Gasteiger partial charge in [-0.2, -0.15) is 0 Å². The lowest BCUT2D eigenvalue weighted by molar-refractivity contribution is 0.0661. The summed E-state index contributed by atoms with van der Waals surface area (Å²) in [5, 5.41) is 11.8. The summed E-state index contributed by atoms with van der Waals surface area (Å²) in [6.07, 6.45) is 1.29. The maximum absolute atomic E-state index is 13.1. The molecule has 100 valence electrons. The Labute approximate surface area is 108 Å². The molecule has 5 nitrogen and oxygen atoms in total. The first-order valence-electron chi connectivity index (χ1n) is 5.49. The number of ether oxygens (including phenoxy) is 1. The van der Waals surface area contributed by atoms with Crippen LogP contribution in [0.2, 0.25) is 0 Å². The monoisotopic (exact) mass is 265 g/mol. The van der Waals surface area contributed by atoms with E-state index in [0.717, 1.165) is 0 Å². The molecule has 0 radical (unpaired) electrons. The number of hydrogen-bond acceptors (Lipinski definition) is 4. The summed E-state index contributed by atoms with van der Waals surface area (Å²) < 4.78 is 23.1. The first kappa shape index (κ1) is 12.9. The Hall–Kier alpha value is -2.50. The molecule has 2 rings (SSSR count). The van der Waals surface area contributed by atoms with E-state index in [2.05, 4.69) is 5.32 Å². The van der Waals surface area contributed by atoms with Gasteiger partial charge in [-0.1, -0.05) is 0 Å². The van der Waals surface area contributed by atoms with Crippen LogP contribution >= 0.6 is 0 Å².